The maximum absolute atomic E-state index is 11.9. The van der Waals surface area contributed by atoms with Crippen molar-refractivity contribution in [1.29, 1.82) is 0 Å². The van der Waals surface area contributed by atoms with Crippen LogP contribution in [0.2, 0.25) is 0 Å². The molecule has 0 aromatic carbocycles. The molecule has 0 aromatic heterocycles. The van der Waals surface area contributed by atoms with Gasteiger partial charge in [0.15, 0.2) is 0 Å². The SMILES string of the molecule is CNC1(CC(=O)NCCCOCCO)CCCCC1. The van der Waals surface area contributed by atoms with E-state index < -0.39 is 0 Å². The minimum Gasteiger partial charge on any atom is -0.394 e. The minimum atomic E-state index is 0.00964. The first-order valence-corrected chi connectivity index (χ1v) is 7.37. The molecule has 0 aromatic rings. The molecule has 0 unspecified atom stereocenters. The number of carbonyl (C=O) groups excluding carboxylic acids is 1. The fraction of sp³-hybridized carbons (Fsp3) is 0.929. The Morgan fingerprint density at radius 1 is 1.26 bits per heavy atom. The largest absolute Gasteiger partial charge is 0.394 e. The predicted molar refractivity (Wildman–Crippen MR) is 75.0 cm³/mol. The number of rotatable bonds is 9. The second-order valence-corrected chi connectivity index (χ2v) is 5.31. The van der Waals surface area contributed by atoms with Crippen LogP contribution in [-0.4, -0.2) is 50.0 Å². The summed E-state index contributed by atoms with van der Waals surface area (Å²) in [6.07, 6.45) is 7.26. The lowest BCUT2D eigenvalue weighted by atomic mass is 9.79. The molecule has 19 heavy (non-hydrogen) atoms. The van der Waals surface area contributed by atoms with Crippen molar-refractivity contribution in [3.05, 3.63) is 0 Å². The fourth-order valence-electron chi connectivity index (χ4n) is 2.68. The van der Waals surface area contributed by atoms with Crippen molar-refractivity contribution in [1.82, 2.24) is 10.6 Å². The van der Waals surface area contributed by atoms with Crippen LogP contribution in [0.1, 0.15) is 44.9 Å². The van der Waals surface area contributed by atoms with Crippen LogP contribution in [0.4, 0.5) is 0 Å². The number of aliphatic hydroxyl groups excluding tert-OH is 1. The van der Waals surface area contributed by atoms with E-state index in [0.717, 1.165) is 19.3 Å². The zero-order chi connectivity index (χ0) is 14.0. The summed E-state index contributed by atoms with van der Waals surface area (Å²) in [6.45, 7) is 1.65. The fourth-order valence-corrected chi connectivity index (χ4v) is 2.68. The maximum atomic E-state index is 11.9. The van der Waals surface area contributed by atoms with E-state index in [-0.39, 0.29) is 18.1 Å². The summed E-state index contributed by atoms with van der Waals surface area (Å²) < 4.78 is 5.14. The van der Waals surface area contributed by atoms with Crippen molar-refractivity contribution in [2.75, 3.05) is 33.4 Å². The van der Waals surface area contributed by atoms with E-state index in [1.807, 2.05) is 7.05 Å². The van der Waals surface area contributed by atoms with E-state index in [4.69, 9.17) is 9.84 Å². The lowest BCUT2D eigenvalue weighted by molar-refractivity contribution is -0.122. The first kappa shape index (κ1) is 16.4. The maximum Gasteiger partial charge on any atom is 0.221 e. The van der Waals surface area contributed by atoms with Crippen molar-refractivity contribution in [3.8, 4) is 0 Å². The van der Waals surface area contributed by atoms with Gasteiger partial charge in [0.2, 0.25) is 5.91 Å². The van der Waals surface area contributed by atoms with E-state index in [1.54, 1.807) is 0 Å². The van der Waals surface area contributed by atoms with Gasteiger partial charge in [-0.1, -0.05) is 19.3 Å². The highest BCUT2D eigenvalue weighted by molar-refractivity contribution is 5.77. The second-order valence-electron chi connectivity index (χ2n) is 5.31. The third-order valence-electron chi connectivity index (χ3n) is 3.86. The van der Waals surface area contributed by atoms with Gasteiger partial charge >= 0.3 is 0 Å². The summed E-state index contributed by atoms with van der Waals surface area (Å²) in [6, 6.07) is 0. The van der Waals surface area contributed by atoms with Crippen LogP contribution in [0.15, 0.2) is 0 Å². The van der Waals surface area contributed by atoms with Gasteiger partial charge in [-0.2, -0.15) is 0 Å². The highest BCUT2D eigenvalue weighted by atomic mass is 16.5. The van der Waals surface area contributed by atoms with Gasteiger partial charge in [-0.3, -0.25) is 4.79 Å². The van der Waals surface area contributed by atoms with Crippen LogP contribution >= 0.6 is 0 Å². The number of carbonyl (C=O) groups is 1. The third-order valence-corrected chi connectivity index (χ3v) is 3.86. The zero-order valence-electron chi connectivity index (χ0n) is 12.0. The Bertz CT molecular complexity index is 253. The molecule has 0 spiro atoms. The quantitative estimate of drug-likeness (QED) is 0.543. The molecule has 0 saturated heterocycles. The molecule has 0 radical (unpaired) electrons. The van der Waals surface area contributed by atoms with Crippen LogP contribution in [-0.2, 0) is 9.53 Å². The Hall–Kier alpha value is -0.650. The molecule has 1 amide bonds. The molecule has 5 nitrogen and oxygen atoms in total. The van der Waals surface area contributed by atoms with Gasteiger partial charge in [0.1, 0.15) is 0 Å². The number of nitrogens with one attached hydrogen (secondary N) is 2. The Labute approximate surface area is 116 Å². The van der Waals surface area contributed by atoms with Gasteiger partial charge in [0.05, 0.1) is 13.2 Å². The van der Waals surface area contributed by atoms with Crippen molar-refractivity contribution in [3.63, 3.8) is 0 Å². The van der Waals surface area contributed by atoms with Gasteiger partial charge < -0.3 is 20.5 Å². The van der Waals surface area contributed by atoms with E-state index in [9.17, 15) is 4.79 Å². The van der Waals surface area contributed by atoms with Crippen LogP contribution in [0.5, 0.6) is 0 Å². The third kappa shape index (κ3) is 6.36. The van der Waals surface area contributed by atoms with Gasteiger partial charge in [0, 0.05) is 25.1 Å². The summed E-state index contributed by atoms with van der Waals surface area (Å²) in [5.74, 6) is 0.124. The second kappa shape index (κ2) is 9.28. The monoisotopic (exact) mass is 272 g/mol. The number of hydrogen-bond acceptors (Lipinski definition) is 4. The lowest BCUT2D eigenvalue weighted by Crippen LogP contribution is -2.48. The molecule has 1 fully saturated rings. The lowest BCUT2D eigenvalue weighted by Gasteiger charge is -2.36. The molecule has 1 rings (SSSR count). The first-order valence-electron chi connectivity index (χ1n) is 7.37. The van der Waals surface area contributed by atoms with Crippen LogP contribution < -0.4 is 10.6 Å². The van der Waals surface area contributed by atoms with E-state index in [2.05, 4.69) is 10.6 Å². The van der Waals surface area contributed by atoms with E-state index >= 15 is 0 Å². The van der Waals surface area contributed by atoms with E-state index in [1.165, 1.54) is 19.3 Å². The Morgan fingerprint density at radius 3 is 2.63 bits per heavy atom. The predicted octanol–water partition coefficient (Wildman–Crippen LogP) is 0.814. The van der Waals surface area contributed by atoms with Crippen molar-refractivity contribution in [2.45, 2.75) is 50.5 Å². The molecule has 1 aliphatic rings. The van der Waals surface area contributed by atoms with Crippen molar-refractivity contribution in [2.24, 2.45) is 0 Å². The summed E-state index contributed by atoms with van der Waals surface area (Å²) in [5.41, 5.74) is 0.00964. The van der Waals surface area contributed by atoms with Gasteiger partial charge in [-0.05, 0) is 26.3 Å². The molecular formula is C14H28N2O3. The Balaban J connectivity index is 2.15. The van der Waals surface area contributed by atoms with Crippen molar-refractivity contribution < 1.29 is 14.6 Å². The average Bonchev–Trinajstić information content (AvgIpc) is 2.43. The highest BCUT2D eigenvalue weighted by Crippen LogP contribution is 2.30. The molecular weight excluding hydrogens is 244 g/mol. The molecule has 0 atom stereocenters. The summed E-state index contributed by atoms with van der Waals surface area (Å²) in [7, 11) is 1.96. The molecule has 112 valence electrons. The Kier molecular flexibility index (Phi) is 8.02. The molecule has 0 bridgehead atoms. The van der Waals surface area contributed by atoms with E-state index in [0.29, 0.717) is 26.2 Å². The van der Waals surface area contributed by atoms with Crippen molar-refractivity contribution >= 4 is 5.91 Å². The normalized spacial score (nSPS) is 18.2. The Morgan fingerprint density at radius 2 is 2.00 bits per heavy atom. The highest BCUT2D eigenvalue weighted by Gasteiger charge is 2.32. The number of aliphatic hydroxyl groups is 1. The number of ether oxygens (including phenoxy) is 1. The molecule has 5 heteroatoms. The number of amides is 1. The molecule has 0 aliphatic heterocycles. The minimum absolute atomic E-state index is 0.00964. The van der Waals surface area contributed by atoms with Gasteiger partial charge in [-0.25, -0.2) is 0 Å². The summed E-state index contributed by atoms with van der Waals surface area (Å²) in [4.78, 5) is 11.9. The standard InChI is InChI=1S/C14H28N2O3/c1-15-14(6-3-2-4-7-14)12-13(18)16-8-5-10-19-11-9-17/h15,17H,2-12H2,1H3,(H,16,18). The van der Waals surface area contributed by atoms with Crippen LogP contribution in [0, 0.1) is 0 Å². The van der Waals surface area contributed by atoms with Gasteiger partial charge in [0.25, 0.3) is 0 Å². The van der Waals surface area contributed by atoms with Gasteiger partial charge in [-0.15, -0.1) is 0 Å². The summed E-state index contributed by atoms with van der Waals surface area (Å²) in [5, 5.41) is 14.8. The first-order chi connectivity index (χ1) is 9.22. The van der Waals surface area contributed by atoms with Crippen LogP contribution in [0.25, 0.3) is 0 Å². The smallest absolute Gasteiger partial charge is 0.221 e. The topological polar surface area (TPSA) is 70.6 Å². The molecule has 1 saturated carbocycles. The van der Waals surface area contributed by atoms with Crippen LogP contribution in [0.3, 0.4) is 0 Å². The zero-order valence-corrected chi connectivity index (χ0v) is 12.0. The molecule has 1 aliphatic carbocycles. The average molecular weight is 272 g/mol. The number of hydrogen-bond donors (Lipinski definition) is 3. The molecule has 3 N–H and O–H groups in total. The molecule has 0 heterocycles. The summed E-state index contributed by atoms with van der Waals surface area (Å²) >= 11 is 0.